The number of benzene rings is 1. The predicted molar refractivity (Wildman–Crippen MR) is 129 cm³/mol. The maximum Gasteiger partial charge on any atom is 0.255 e. The number of amides is 3. The van der Waals surface area contributed by atoms with Crippen LogP contribution in [0.5, 0.6) is 5.75 Å². The Morgan fingerprint density at radius 2 is 2.06 bits per heavy atom. The number of ether oxygens (including phenoxy) is 1. The number of carbonyl (C=O) groups excluding carboxylic acids is 3. The molecule has 9 nitrogen and oxygen atoms in total. The van der Waals surface area contributed by atoms with Crippen LogP contribution in [0.1, 0.15) is 53.8 Å². The fraction of sp³-hybridized carbons (Fsp3) is 0.500. The SMILES string of the molecule is Cc1cc(C)n(CCNC(=O)[C@@H]2CCC(=O)NCCCCCOc3ccc(Cl)cc3C(=O)N2)n1. The van der Waals surface area contributed by atoms with E-state index < -0.39 is 11.9 Å². The predicted octanol–water partition coefficient (Wildman–Crippen LogP) is 2.53. The van der Waals surface area contributed by atoms with Crippen molar-refractivity contribution < 1.29 is 19.1 Å². The molecule has 1 aliphatic rings. The van der Waals surface area contributed by atoms with Gasteiger partial charge in [-0.05, 0) is 63.8 Å². The van der Waals surface area contributed by atoms with Gasteiger partial charge in [0.05, 0.1) is 24.4 Å². The van der Waals surface area contributed by atoms with Gasteiger partial charge in [0.15, 0.2) is 0 Å². The van der Waals surface area contributed by atoms with Gasteiger partial charge in [-0.1, -0.05) is 11.6 Å². The van der Waals surface area contributed by atoms with Crippen LogP contribution in [0.15, 0.2) is 24.3 Å². The number of carbonyl (C=O) groups is 3. The van der Waals surface area contributed by atoms with Gasteiger partial charge in [-0.25, -0.2) is 0 Å². The standard InChI is InChI=1S/C24H32ClN5O4/c1-16-14-17(2)30(29-16)12-11-27-24(33)20-7-9-22(31)26-10-4-3-5-13-34-21-8-6-18(25)15-19(21)23(32)28-20/h6,8,14-15,20H,3-5,7,9-13H2,1-2H3,(H,26,31)(H,27,33)(H,28,32)/t20-/m0/s1. The summed E-state index contributed by atoms with van der Waals surface area (Å²) in [6.45, 7) is 5.70. The van der Waals surface area contributed by atoms with Gasteiger partial charge in [-0.15, -0.1) is 0 Å². The van der Waals surface area contributed by atoms with E-state index in [2.05, 4.69) is 21.0 Å². The zero-order valence-corrected chi connectivity index (χ0v) is 20.4. The summed E-state index contributed by atoms with van der Waals surface area (Å²) < 4.78 is 7.63. The number of nitrogens with zero attached hydrogens (tertiary/aromatic N) is 2. The molecule has 3 N–H and O–H groups in total. The zero-order chi connectivity index (χ0) is 24.5. The van der Waals surface area contributed by atoms with E-state index in [0.29, 0.717) is 37.0 Å². The third kappa shape index (κ3) is 7.48. The van der Waals surface area contributed by atoms with E-state index in [1.807, 2.05) is 24.6 Å². The zero-order valence-electron chi connectivity index (χ0n) is 19.7. The van der Waals surface area contributed by atoms with E-state index in [9.17, 15) is 14.4 Å². The number of fused-ring (bicyclic) bond motifs is 1. The minimum Gasteiger partial charge on any atom is -0.493 e. The fourth-order valence-electron chi connectivity index (χ4n) is 3.80. The average Bonchev–Trinajstić information content (AvgIpc) is 3.12. The maximum atomic E-state index is 13.1. The first-order chi connectivity index (χ1) is 16.3. The molecular weight excluding hydrogens is 458 g/mol. The minimum absolute atomic E-state index is 0.120. The van der Waals surface area contributed by atoms with Crippen LogP contribution in [0, 0.1) is 13.8 Å². The van der Waals surface area contributed by atoms with Crippen LogP contribution in [0.4, 0.5) is 0 Å². The lowest BCUT2D eigenvalue weighted by molar-refractivity contribution is -0.124. The van der Waals surface area contributed by atoms with Crippen LogP contribution in [0.3, 0.4) is 0 Å². The molecule has 0 spiro atoms. The Morgan fingerprint density at radius 3 is 2.82 bits per heavy atom. The van der Waals surface area contributed by atoms with Crippen molar-refractivity contribution in [3.63, 3.8) is 0 Å². The highest BCUT2D eigenvalue weighted by molar-refractivity contribution is 6.31. The Morgan fingerprint density at radius 1 is 1.24 bits per heavy atom. The van der Waals surface area contributed by atoms with Gasteiger partial charge in [0, 0.05) is 30.2 Å². The Kier molecular flexibility index (Phi) is 9.33. The van der Waals surface area contributed by atoms with Gasteiger partial charge in [0.1, 0.15) is 11.8 Å². The fourth-order valence-corrected chi connectivity index (χ4v) is 3.97. The highest BCUT2D eigenvalue weighted by Gasteiger charge is 2.24. The summed E-state index contributed by atoms with van der Waals surface area (Å²) in [6.07, 6.45) is 2.79. The molecule has 1 atom stereocenters. The second-order valence-electron chi connectivity index (χ2n) is 8.41. The lowest BCUT2D eigenvalue weighted by Gasteiger charge is -2.19. The maximum absolute atomic E-state index is 13.1. The molecule has 0 unspecified atom stereocenters. The van der Waals surface area contributed by atoms with Crippen molar-refractivity contribution in [1.29, 1.82) is 0 Å². The number of hydrogen-bond donors (Lipinski definition) is 3. The molecule has 0 saturated heterocycles. The molecule has 0 radical (unpaired) electrons. The first-order valence-electron chi connectivity index (χ1n) is 11.6. The van der Waals surface area contributed by atoms with Crippen LogP contribution in [0.25, 0.3) is 0 Å². The topological polar surface area (TPSA) is 114 Å². The monoisotopic (exact) mass is 489 g/mol. The number of halogens is 1. The van der Waals surface area contributed by atoms with Crippen molar-refractivity contribution in [2.24, 2.45) is 0 Å². The molecule has 0 fully saturated rings. The first-order valence-corrected chi connectivity index (χ1v) is 12.0. The molecule has 0 saturated carbocycles. The van der Waals surface area contributed by atoms with Gasteiger partial charge >= 0.3 is 0 Å². The van der Waals surface area contributed by atoms with Gasteiger partial charge in [-0.3, -0.25) is 19.1 Å². The molecule has 3 amide bonds. The Balaban J connectivity index is 1.72. The smallest absolute Gasteiger partial charge is 0.255 e. The molecular formula is C24H32ClN5O4. The summed E-state index contributed by atoms with van der Waals surface area (Å²) in [5, 5.41) is 13.3. The van der Waals surface area contributed by atoms with Gasteiger partial charge < -0.3 is 20.7 Å². The molecule has 3 rings (SSSR count). The summed E-state index contributed by atoms with van der Waals surface area (Å²) in [6, 6.07) is 5.91. The summed E-state index contributed by atoms with van der Waals surface area (Å²) >= 11 is 6.12. The number of aromatic nitrogens is 2. The van der Waals surface area contributed by atoms with E-state index in [1.165, 1.54) is 6.07 Å². The summed E-state index contributed by atoms with van der Waals surface area (Å²) in [5.41, 5.74) is 2.16. The molecule has 10 heteroatoms. The highest BCUT2D eigenvalue weighted by Crippen LogP contribution is 2.24. The van der Waals surface area contributed by atoms with Crippen molar-refractivity contribution in [1.82, 2.24) is 25.7 Å². The van der Waals surface area contributed by atoms with E-state index in [0.717, 1.165) is 30.7 Å². The van der Waals surface area contributed by atoms with E-state index in [4.69, 9.17) is 16.3 Å². The molecule has 34 heavy (non-hydrogen) atoms. The normalized spacial score (nSPS) is 17.9. The summed E-state index contributed by atoms with van der Waals surface area (Å²) in [5.74, 6) is -0.582. The van der Waals surface area contributed by atoms with Gasteiger partial charge in [0.25, 0.3) is 5.91 Å². The van der Waals surface area contributed by atoms with Crippen LogP contribution in [0.2, 0.25) is 5.02 Å². The van der Waals surface area contributed by atoms with E-state index >= 15 is 0 Å². The second-order valence-corrected chi connectivity index (χ2v) is 8.84. The minimum atomic E-state index is -0.893. The molecule has 1 aromatic heterocycles. The summed E-state index contributed by atoms with van der Waals surface area (Å²) in [4.78, 5) is 38.3. The average molecular weight is 490 g/mol. The van der Waals surface area contributed by atoms with Crippen molar-refractivity contribution in [3.05, 3.63) is 46.2 Å². The number of nitrogens with one attached hydrogen (secondary N) is 3. The van der Waals surface area contributed by atoms with Crippen molar-refractivity contribution in [2.45, 2.75) is 58.5 Å². The van der Waals surface area contributed by atoms with Gasteiger partial charge in [-0.2, -0.15) is 5.10 Å². The third-order valence-corrected chi connectivity index (χ3v) is 5.83. The third-order valence-electron chi connectivity index (χ3n) is 5.60. The van der Waals surface area contributed by atoms with Crippen LogP contribution >= 0.6 is 11.6 Å². The molecule has 1 aliphatic heterocycles. The number of hydrogen-bond acceptors (Lipinski definition) is 5. The number of aryl methyl sites for hydroxylation is 2. The highest BCUT2D eigenvalue weighted by atomic mass is 35.5. The van der Waals surface area contributed by atoms with Crippen LogP contribution in [-0.4, -0.2) is 53.2 Å². The quantitative estimate of drug-likeness (QED) is 0.610. The number of rotatable bonds is 4. The van der Waals surface area contributed by atoms with Crippen molar-refractivity contribution in [3.8, 4) is 5.75 Å². The molecule has 184 valence electrons. The van der Waals surface area contributed by atoms with Gasteiger partial charge in [0.2, 0.25) is 11.8 Å². The first kappa shape index (κ1) is 25.6. The molecule has 2 heterocycles. The van der Waals surface area contributed by atoms with Crippen molar-refractivity contribution >= 4 is 29.3 Å². The second kappa shape index (κ2) is 12.4. The Labute approximate surface area is 204 Å². The molecule has 2 aromatic rings. The Bertz CT molecular complexity index is 1020. The van der Waals surface area contributed by atoms with Crippen LogP contribution < -0.4 is 20.7 Å². The molecule has 1 aromatic carbocycles. The van der Waals surface area contributed by atoms with E-state index in [1.54, 1.807) is 12.1 Å². The van der Waals surface area contributed by atoms with Crippen LogP contribution in [-0.2, 0) is 16.1 Å². The van der Waals surface area contributed by atoms with Crippen molar-refractivity contribution in [2.75, 3.05) is 19.7 Å². The lowest BCUT2D eigenvalue weighted by atomic mass is 10.1. The lowest BCUT2D eigenvalue weighted by Crippen LogP contribution is -2.48. The molecule has 0 aliphatic carbocycles. The molecule has 0 bridgehead atoms. The Hall–Kier alpha value is -3.07. The van der Waals surface area contributed by atoms with E-state index in [-0.39, 0.29) is 30.2 Å². The largest absolute Gasteiger partial charge is 0.493 e. The summed E-state index contributed by atoms with van der Waals surface area (Å²) in [7, 11) is 0.